The maximum atomic E-state index is 9.85. The van der Waals surface area contributed by atoms with E-state index < -0.39 is 0 Å². The van der Waals surface area contributed by atoms with E-state index in [0.29, 0.717) is 27.6 Å². The SMILES string of the molecule is Nc1cc2c(N)nc3cccc(O)c3c2nn1. The summed E-state index contributed by atoms with van der Waals surface area (Å²) in [6, 6.07) is 6.61. The van der Waals surface area contributed by atoms with Crippen LogP contribution in [0, 0.1) is 0 Å². The average molecular weight is 227 g/mol. The molecule has 0 bridgehead atoms. The number of nitrogens with zero attached hydrogens (tertiary/aromatic N) is 3. The summed E-state index contributed by atoms with van der Waals surface area (Å²) in [6.07, 6.45) is 0. The zero-order chi connectivity index (χ0) is 12.0. The van der Waals surface area contributed by atoms with Gasteiger partial charge < -0.3 is 16.6 Å². The summed E-state index contributed by atoms with van der Waals surface area (Å²) >= 11 is 0. The van der Waals surface area contributed by atoms with E-state index in [-0.39, 0.29) is 11.6 Å². The van der Waals surface area contributed by atoms with Gasteiger partial charge in [0, 0.05) is 5.39 Å². The minimum atomic E-state index is 0.0964. The van der Waals surface area contributed by atoms with Crippen LogP contribution in [0.5, 0.6) is 5.75 Å². The Bertz CT molecular complexity index is 741. The molecule has 6 nitrogen and oxygen atoms in total. The Morgan fingerprint density at radius 3 is 2.76 bits per heavy atom. The Hall–Kier alpha value is -2.63. The third kappa shape index (κ3) is 1.31. The maximum Gasteiger partial charge on any atom is 0.146 e. The van der Waals surface area contributed by atoms with Crippen molar-refractivity contribution in [2.24, 2.45) is 0 Å². The highest BCUT2D eigenvalue weighted by atomic mass is 16.3. The molecule has 0 aliphatic carbocycles. The largest absolute Gasteiger partial charge is 0.507 e. The highest BCUT2D eigenvalue weighted by molar-refractivity contribution is 6.10. The lowest BCUT2D eigenvalue weighted by Crippen LogP contribution is -1.99. The van der Waals surface area contributed by atoms with Crippen molar-refractivity contribution in [3.8, 4) is 5.75 Å². The summed E-state index contributed by atoms with van der Waals surface area (Å²) in [5, 5.41) is 18.7. The van der Waals surface area contributed by atoms with Crippen LogP contribution in [0.25, 0.3) is 21.8 Å². The quantitative estimate of drug-likeness (QED) is 0.495. The molecule has 5 N–H and O–H groups in total. The first kappa shape index (κ1) is 9.59. The standard InChI is InChI=1S/C11H9N5O/c12-8-4-5-10(16-15-8)9-6(14-11(5)13)2-1-3-7(9)17/h1-4,17H,(H2,12,15)(H2,13,14). The van der Waals surface area contributed by atoms with Gasteiger partial charge in [-0.2, -0.15) is 0 Å². The molecule has 3 aromatic rings. The summed E-state index contributed by atoms with van der Waals surface area (Å²) in [5.41, 5.74) is 12.5. The zero-order valence-electron chi connectivity index (χ0n) is 8.75. The molecule has 0 saturated heterocycles. The number of pyridine rings is 1. The summed E-state index contributed by atoms with van der Waals surface area (Å²) in [7, 11) is 0. The Balaban J connectivity index is 2.63. The second-order valence-electron chi connectivity index (χ2n) is 3.70. The van der Waals surface area contributed by atoms with Gasteiger partial charge in [0.2, 0.25) is 0 Å². The summed E-state index contributed by atoms with van der Waals surface area (Å²) in [5.74, 6) is 0.680. The van der Waals surface area contributed by atoms with E-state index in [0.717, 1.165) is 0 Å². The van der Waals surface area contributed by atoms with Crippen molar-refractivity contribution in [2.45, 2.75) is 0 Å². The van der Waals surface area contributed by atoms with Crippen molar-refractivity contribution < 1.29 is 5.11 Å². The topological polar surface area (TPSA) is 111 Å². The van der Waals surface area contributed by atoms with Crippen LogP contribution >= 0.6 is 0 Å². The predicted octanol–water partition coefficient (Wildman–Crippen LogP) is 1.05. The lowest BCUT2D eigenvalue weighted by Gasteiger charge is -2.06. The molecular formula is C11H9N5O. The smallest absolute Gasteiger partial charge is 0.146 e. The lowest BCUT2D eigenvalue weighted by atomic mass is 10.1. The fraction of sp³-hybridized carbons (Fsp3) is 0. The highest BCUT2D eigenvalue weighted by Gasteiger charge is 2.11. The maximum absolute atomic E-state index is 9.85. The van der Waals surface area contributed by atoms with Crippen LogP contribution in [-0.2, 0) is 0 Å². The number of aromatic nitrogens is 3. The Kier molecular flexibility index (Phi) is 1.79. The number of phenolic OH excluding ortho intramolecular Hbond substituents is 1. The van der Waals surface area contributed by atoms with Gasteiger partial charge in [0.25, 0.3) is 0 Å². The van der Waals surface area contributed by atoms with Crippen LogP contribution in [0.15, 0.2) is 24.3 Å². The molecule has 0 amide bonds. The van der Waals surface area contributed by atoms with Gasteiger partial charge in [0.1, 0.15) is 22.9 Å². The van der Waals surface area contributed by atoms with E-state index in [1.54, 1.807) is 24.3 Å². The molecule has 0 aliphatic rings. The van der Waals surface area contributed by atoms with E-state index >= 15 is 0 Å². The summed E-state index contributed by atoms with van der Waals surface area (Å²) < 4.78 is 0. The molecule has 2 aromatic heterocycles. The second kappa shape index (κ2) is 3.18. The van der Waals surface area contributed by atoms with Gasteiger partial charge in [0.05, 0.1) is 10.9 Å². The number of hydrogen-bond acceptors (Lipinski definition) is 6. The van der Waals surface area contributed by atoms with Gasteiger partial charge >= 0.3 is 0 Å². The average Bonchev–Trinajstić information content (AvgIpc) is 2.30. The molecule has 6 heteroatoms. The van der Waals surface area contributed by atoms with Crippen LogP contribution in [0.3, 0.4) is 0 Å². The summed E-state index contributed by atoms with van der Waals surface area (Å²) in [4.78, 5) is 4.20. The fourth-order valence-electron chi connectivity index (χ4n) is 1.84. The minimum absolute atomic E-state index is 0.0964. The fourth-order valence-corrected chi connectivity index (χ4v) is 1.84. The first-order chi connectivity index (χ1) is 8.16. The van der Waals surface area contributed by atoms with Crippen molar-refractivity contribution in [1.82, 2.24) is 15.2 Å². The van der Waals surface area contributed by atoms with Crippen LogP contribution in [0.2, 0.25) is 0 Å². The first-order valence-corrected chi connectivity index (χ1v) is 4.97. The molecule has 0 atom stereocenters. The van der Waals surface area contributed by atoms with Crippen LogP contribution in [0.4, 0.5) is 11.6 Å². The minimum Gasteiger partial charge on any atom is -0.507 e. The molecule has 84 valence electrons. The van der Waals surface area contributed by atoms with Crippen molar-refractivity contribution in [1.29, 1.82) is 0 Å². The second-order valence-corrected chi connectivity index (χ2v) is 3.70. The number of rotatable bonds is 0. The number of aromatic hydroxyl groups is 1. The zero-order valence-corrected chi connectivity index (χ0v) is 8.75. The Morgan fingerprint density at radius 1 is 1.12 bits per heavy atom. The van der Waals surface area contributed by atoms with Crippen LogP contribution in [0.1, 0.15) is 0 Å². The van der Waals surface area contributed by atoms with E-state index in [2.05, 4.69) is 15.2 Å². The number of nitrogens with two attached hydrogens (primary N) is 2. The molecule has 3 rings (SSSR count). The highest BCUT2D eigenvalue weighted by Crippen LogP contribution is 2.32. The number of hydrogen-bond donors (Lipinski definition) is 3. The third-order valence-electron chi connectivity index (χ3n) is 2.59. The van der Waals surface area contributed by atoms with Crippen LogP contribution < -0.4 is 11.5 Å². The van der Waals surface area contributed by atoms with Crippen molar-refractivity contribution in [2.75, 3.05) is 11.5 Å². The molecule has 0 unspecified atom stereocenters. The first-order valence-electron chi connectivity index (χ1n) is 4.97. The van der Waals surface area contributed by atoms with Crippen molar-refractivity contribution in [3.05, 3.63) is 24.3 Å². The molecule has 1 aromatic carbocycles. The van der Waals surface area contributed by atoms with Gasteiger partial charge in [-0.05, 0) is 18.2 Å². The van der Waals surface area contributed by atoms with Gasteiger partial charge in [0.15, 0.2) is 0 Å². The van der Waals surface area contributed by atoms with E-state index in [1.807, 2.05) is 0 Å². The van der Waals surface area contributed by atoms with Gasteiger partial charge in [-0.3, -0.25) is 0 Å². The number of fused-ring (bicyclic) bond motifs is 3. The number of phenols is 1. The molecule has 2 heterocycles. The molecular weight excluding hydrogens is 218 g/mol. The van der Waals surface area contributed by atoms with Crippen molar-refractivity contribution >= 4 is 33.4 Å². The predicted molar refractivity (Wildman–Crippen MR) is 65.3 cm³/mol. The number of benzene rings is 1. The Labute approximate surface area is 95.9 Å². The van der Waals surface area contributed by atoms with E-state index in [4.69, 9.17) is 11.5 Å². The molecule has 17 heavy (non-hydrogen) atoms. The third-order valence-corrected chi connectivity index (χ3v) is 2.59. The van der Waals surface area contributed by atoms with Gasteiger partial charge in [-0.1, -0.05) is 6.07 Å². The van der Waals surface area contributed by atoms with Crippen molar-refractivity contribution in [3.63, 3.8) is 0 Å². The number of anilines is 2. The molecule has 0 saturated carbocycles. The molecule has 0 aliphatic heterocycles. The van der Waals surface area contributed by atoms with Gasteiger partial charge in [-0.15, -0.1) is 10.2 Å². The van der Waals surface area contributed by atoms with Crippen LogP contribution in [-0.4, -0.2) is 20.3 Å². The normalized spacial score (nSPS) is 11.1. The van der Waals surface area contributed by atoms with E-state index in [1.165, 1.54) is 0 Å². The summed E-state index contributed by atoms with van der Waals surface area (Å²) in [6.45, 7) is 0. The molecule has 0 spiro atoms. The monoisotopic (exact) mass is 227 g/mol. The van der Waals surface area contributed by atoms with Gasteiger partial charge in [-0.25, -0.2) is 4.98 Å². The molecule has 0 fully saturated rings. The number of nitrogen functional groups attached to an aromatic ring is 2. The van der Waals surface area contributed by atoms with E-state index in [9.17, 15) is 5.11 Å². The molecule has 0 radical (unpaired) electrons. The Morgan fingerprint density at radius 2 is 1.94 bits per heavy atom. The lowest BCUT2D eigenvalue weighted by molar-refractivity contribution is 0.482.